The average molecular weight is 456 g/mol. The number of nitrogens with one attached hydrogen (secondary N) is 1. The van der Waals surface area contributed by atoms with Crippen molar-refractivity contribution in [2.75, 3.05) is 0 Å². The number of thiophene rings is 1. The second kappa shape index (κ2) is 7.49. The molecule has 164 valence electrons. The number of aromatic nitrogens is 4. The van der Waals surface area contributed by atoms with E-state index in [9.17, 15) is 40.7 Å². The number of H-pyrrole nitrogens is 1. The summed E-state index contributed by atoms with van der Waals surface area (Å²) in [7, 11) is 0. The quantitative estimate of drug-likeness (QED) is 0.600. The number of aromatic amines is 1. The molecule has 0 spiro atoms. The van der Waals surface area contributed by atoms with Crippen LogP contribution in [0.4, 0.5) is 26.3 Å². The van der Waals surface area contributed by atoms with E-state index in [2.05, 4.69) is 5.10 Å². The van der Waals surface area contributed by atoms with E-state index in [4.69, 9.17) is 0 Å². The van der Waals surface area contributed by atoms with Crippen molar-refractivity contribution in [2.24, 2.45) is 0 Å². The highest BCUT2D eigenvalue weighted by Gasteiger charge is 2.33. The Labute approximate surface area is 166 Å². The number of hydrogen-bond acceptors (Lipinski definition) is 4. The lowest BCUT2D eigenvalue weighted by atomic mass is 10.2. The second-order valence-corrected chi connectivity index (χ2v) is 7.61. The van der Waals surface area contributed by atoms with Gasteiger partial charge in [0.2, 0.25) is 0 Å². The summed E-state index contributed by atoms with van der Waals surface area (Å²) in [5.41, 5.74) is -2.94. The smallest absolute Gasteiger partial charge is 0.303 e. The molecule has 14 heteroatoms. The Balaban J connectivity index is 2.25. The molecule has 0 aromatic carbocycles. The first-order valence-corrected chi connectivity index (χ1v) is 9.23. The van der Waals surface area contributed by atoms with Gasteiger partial charge in [-0.2, -0.15) is 26.3 Å². The lowest BCUT2D eigenvalue weighted by Crippen LogP contribution is -2.43. The van der Waals surface area contributed by atoms with E-state index in [1.165, 1.54) is 19.2 Å². The van der Waals surface area contributed by atoms with Gasteiger partial charge in [-0.05, 0) is 12.5 Å². The maximum Gasteiger partial charge on any atom is 0.406 e. The number of nitrogens with zero attached hydrogens (tertiary/aromatic N) is 3. The van der Waals surface area contributed by atoms with Crippen LogP contribution in [0, 0.1) is 6.92 Å². The van der Waals surface area contributed by atoms with E-state index in [0.717, 1.165) is 16.0 Å². The maximum atomic E-state index is 12.9. The van der Waals surface area contributed by atoms with Crippen molar-refractivity contribution in [3.8, 4) is 0 Å². The molecule has 7 nitrogen and oxygen atoms in total. The van der Waals surface area contributed by atoms with E-state index in [0.29, 0.717) is 9.44 Å². The molecule has 3 rings (SSSR count). The summed E-state index contributed by atoms with van der Waals surface area (Å²) < 4.78 is 78.3. The third-order valence-electron chi connectivity index (χ3n) is 4.37. The van der Waals surface area contributed by atoms with Crippen LogP contribution in [0.2, 0.25) is 0 Å². The first-order chi connectivity index (χ1) is 13.8. The van der Waals surface area contributed by atoms with Crippen molar-refractivity contribution in [3.05, 3.63) is 53.9 Å². The molecule has 3 aromatic heterocycles. The summed E-state index contributed by atoms with van der Waals surface area (Å²) in [5.74, 6) is 0. The molecule has 30 heavy (non-hydrogen) atoms. The highest BCUT2D eigenvalue weighted by Crippen LogP contribution is 2.30. The predicted molar refractivity (Wildman–Crippen MR) is 96.0 cm³/mol. The molecule has 0 fully saturated rings. The summed E-state index contributed by atoms with van der Waals surface area (Å²) in [6.07, 6.45) is -9.71. The summed E-state index contributed by atoms with van der Waals surface area (Å²) >= 11 is 0.784. The zero-order chi connectivity index (χ0) is 22.4. The molecule has 3 aromatic rings. The van der Waals surface area contributed by atoms with Gasteiger partial charge < -0.3 is 5.10 Å². The van der Waals surface area contributed by atoms with Crippen LogP contribution >= 0.6 is 11.3 Å². The molecule has 0 aliphatic carbocycles. The molecule has 0 aliphatic heterocycles. The topological polar surface area (TPSA) is 81.8 Å². The molecule has 0 unspecified atom stereocenters. The van der Waals surface area contributed by atoms with Gasteiger partial charge >= 0.3 is 18.0 Å². The minimum absolute atomic E-state index is 0.0941. The number of hydrogen-bond donors (Lipinski definition) is 1. The van der Waals surface area contributed by atoms with Gasteiger partial charge in [-0.3, -0.25) is 18.7 Å². The summed E-state index contributed by atoms with van der Waals surface area (Å²) in [6, 6.07) is 1.22. The standard InChI is InChI=1S/C16H14F6N4O3S/c1-8-9(6-26-10(27)2-4-23-26)30-13-11(8)12(28)25(7-16(20,21)22)14(29)24(13)5-3-15(17,18)19/h2,4,23H,3,5-7H2,1H3. The van der Waals surface area contributed by atoms with Crippen LogP contribution in [0.5, 0.6) is 0 Å². The van der Waals surface area contributed by atoms with Gasteiger partial charge in [-0.1, -0.05) is 0 Å². The SMILES string of the molecule is Cc1c(Cn2[nH]ccc2=O)sc2c1c(=O)n(CC(F)(F)F)c(=O)n2CCC(F)(F)F. The van der Waals surface area contributed by atoms with Gasteiger partial charge in [0.1, 0.15) is 11.4 Å². The van der Waals surface area contributed by atoms with Crippen LogP contribution in [-0.4, -0.2) is 31.3 Å². The van der Waals surface area contributed by atoms with Crippen molar-refractivity contribution >= 4 is 21.6 Å². The number of alkyl halides is 6. The summed E-state index contributed by atoms with van der Waals surface area (Å²) in [6.45, 7) is -1.56. The van der Waals surface area contributed by atoms with Crippen LogP contribution in [0.25, 0.3) is 10.2 Å². The van der Waals surface area contributed by atoms with Crippen LogP contribution in [0.3, 0.4) is 0 Å². The molecule has 1 N–H and O–H groups in total. The van der Waals surface area contributed by atoms with Crippen LogP contribution in [0.15, 0.2) is 26.6 Å². The van der Waals surface area contributed by atoms with Gasteiger partial charge in [0.05, 0.1) is 18.4 Å². The zero-order valence-electron chi connectivity index (χ0n) is 15.2. The van der Waals surface area contributed by atoms with Crippen LogP contribution in [0.1, 0.15) is 16.9 Å². The first-order valence-electron chi connectivity index (χ1n) is 8.42. The fourth-order valence-corrected chi connectivity index (χ4v) is 4.27. The molecule has 0 radical (unpaired) electrons. The Morgan fingerprint density at radius 3 is 2.23 bits per heavy atom. The number of fused-ring (bicyclic) bond motifs is 1. The van der Waals surface area contributed by atoms with Gasteiger partial charge in [-0.25, -0.2) is 9.48 Å². The Hall–Kier alpha value is -2.77. The largest absolute Gasteiger partial charge is 0.406 e. The second-order valence-electron chi connectivity index (χ2n) is 6.52. The van der Waals surface area contributed by atoms with E-state index in [1.54, 1.807) is 0 Å². The van der Waals surface area contributed by atoms with Crippen molar-refractivity contribution < 1.29 is 26.3 Å². The molecule has 0 aliphatic rings. The Kier molecular flexibility index (Phi) is 5.47. The van der Waals surface area contributed by atoms with Gasteiger partial charge in [0.25, 0.3) is 11.1 Å². The van der Waals surface area contributed by atoms with E-state index >= 15 is 0 Å². The van der Waals surface area contributed by atoms with Crippen LogP contribution in [-0.2, 0) is 19.6 Å². The van der Waals surface area contributed by atoms with E-state index in [1.807, 2.05) is 0 Å². The number of halogens is 6. The van der Waals surface area contributed by atoms with E-state index in [-0.39, 0.29) is 26.9 Å². The fraction of sp³-hybridized carbons (Fsp3) is 0.438. The van der Waals surface area contributed by atoms with Gasteiger partial charge in [0, 0.05) is 23.7 Å². The average Bonchev–Trinajstić information content (AvgIpc) is 3.14. The van der Waals surface area contributed by atoms with Crippen molar-refractivity contribution in [3.63, 3.8) is 0 Å². The van der Waals surface area contributed by atoms with Crippen molar-refractivity contribution in [2.45, 2.75) is 45.3 Å². The normalized spacial score (nSPS) is 12.8. The molecule has 0 atom stereocenters. The minimum Gasteiger partial charge on any atom is -0.303 e. The third-order valence-corrected chi connectivity index (χ3v) is 5.67. The molecule has 0 bridgehead atoms. The molecule has 3 heterocycles. The predicted octanol–water partition coefficient (Wildman–Crippen LogP) is 2.59. The molecular weight excluding hydrogens is 442 g/mol. The highest BCUT2D eigenvalue weighted by molar-refractivity contribution is 7.18. The lowest BCUT2D eigenvalue weighted by molar-refractivity contribution is -0.143. The first kappa shape index (κ1) is 21.9. The maximum absolute atomic E-state index is 12.9. The molecular formula is C16H14F6N4O3S. The van der Waals surface area contributed by atoms with Crippen molar-refractivity contribution in [1.82, 2.24) is 18.9 Å². The molecule has 0 amide bonds. The lowest BCUT2D eigenvalue weighted by Gasteiger charge is -2.14. The third kappa shape index (κ3) is 4.37. The Morgan fingerprint density at radius 2 is 1.70 bits per heavy atom. The Morgan fingerprint density at radius 1 is 1.03 bits per heavy atom. The van der Waals surface area contributed by atoms with Crippen molar-refractivity contribution in [1.29, 1.82) is 0 Å². The molecule has 0 saturated carbocycles. The highest BCUT2D eigenvalue weighted by atomic mass is 32.1. The van der Waals surface area contributed by atoms with E-state index < -0.39 is 48.7 Å². The Bertz CT molecular complexity index is 1260. The monoisotopic (exact) mass is 456 g/mol. The van der Waals surface area contributed by atoms with Crippen LogP contribution < -0.4 is 16.8 Å². The van der Waals surface area contributed by atoms with Gasteiger partial charge in [-0.15, -0.1) is 11.3 Å². The minimum atomic E-state index is -4.93. The number of rotatable bonds is 5. The summed E-state index contributed by atoms with van der Waals surface area (Å²) in [4.78, 5) is 37.0. The summed E-state index contributed by atoms with van der Waals surface area (Å²) in [5, 5.41) is 2.34. The zero-order valence-corrected chi connectivity index (χ0v) is 16.0. The number of aryl methyl sites for hydroxylation is 2. The van der Waals surface area contributed by atoms with Gasteiger partial charge in [0.15, 0.2) is 0 Å². The fourth-order valence-electron chi connectivity index (χ4n) is 2.97. The molecule has 0 saturated heterocycles.